The third-order valence-electron chi connectivity index (χ3n) is 2.66. The lowest BCUT2D eigenvalue weighted by Crippen LogP contribution is -2.15. The van der Waals surface area contributed by atoms with E-state index in [1.54, 1.807) is 12.1 Å². The van der Waals surface area contributed by atoms with Gasteiger partial charge in [-0.3, -0.25) is 4.79 Å². The molecule has 0 fully saturated rings. The highest BCUT2D eigenvalue weighted by Crippen LogP contribution is 2.23. The highest BCUT2D eigenvalue weighted by molar-refractivity contribution is 9.11. The van der Waals surface area contributed by atoms with E-state index in [1.165, 1.54) is 18.2 Å². The Morgan fingerprint density at radius 1 is 1.14 bits per heavy atom. The van der Waals surface area contributed by atoms with E-state index in [0.29, 0.717) is 15.7 Å². The minimum atomic E-state index is -0.524. The molecule has 0 radical (unpaired) electrons. The fraction of sp³-hybridized carbons (Fsp3) is 0. The van der Waals surface area contributed by atoms with Gasteiger partial charge in [-0.25, -0.2) is 4.39 Å². The zero-order valence-corrected chi connectivity index (χ0v) is 14.5. The maximum atomic E-state index is 13.5. The highest BCUT2D eigenvalue weighted by atomic mass is 79.9. The van der Waals surface area contributed by atoms with E-state index in [4.69, 9.17) is 18.0 Å². The van der Waals surface area contributed by atoms with E-state index >= 15 is 0 Å². The molecule has 1 amide bonds. The van der Waals surface area contributed by atoms with Gasteiger partial charge in [-0.05, 0) is 52.3 Å². The van der Waals surface area contributed by atoms with Crippen molar-refractivity contribution in [3.05, 3.63) is 62.3 Å². The van der Waals surface area contributed by atoms with Crippen LogP contribution in [0.5, 0.6) is 0 Å². The van der Waals surface area contributed by atoms with Crippen LogP contribution in [0.25, 0.3) is 0 Å². The fourth-order valence-corrected chi connectivity index (χ4v) is 2.61. The number of anilines is 1. The Bertz CT molecular complexity index is 737. The number of carbonyl (C=O) groups is 1. The average Bonchev–Trinajstić information content (AvgIpc) is 2.43. The van der Waals surface area contributed by atoms with Crippen molar-refractivity contribution in [3.8, 4) is 0 Å². The number of carbonyl (C=O) groups excluding carboxylic acids is 1. The number of rotatable bonds is 3. The van der Waals surface area contributed by atoms with Crippen molar-refractivity contribution in [2.24, 2.45) is 5.73 Å². The van der Waals surface area contributed by atoms with Crippen molar-refractivity contribution in [2.75, 3.05) is 5.32 Å². The minimum absolute atomic E-state index is 0.0627. The molecule has 3 N–H and O–H groups in total. The normalized spacial score (nSPS) is 10.2. The Morgan fingerprint density at radius 2 is 1.86 bits per heavy atom. The van der Waals surface area contributed by atoms with Gasteiger partial charge in [0.15, 0.2) is 0 Å². The summed E-state index contributed by atoms with van der Waals surface area (Å²) < 4.78 is 14.9. The second-order valence-electron chi connectivity index (χ2n) is 4.14. The van der Waals surface area contributed by atoms with Crippen molar-refractivity contribution in [2.45, 2.75) is 0 Å². The molecule has 0 aliphatic carbocycles. The lowest BCUT2D eigenvalue weighted by Gasteiger charge is -2.09. The molecule has 0 unspecified atom stereocenters. The first-order valence-electron chi connectivity index (χ1n) is 5.74. The van der Waals surface area contributed by atoms with Crippen LogP contribution in [-0.2, 0) is 0 Å². The summed E-state index contributed by atoms with van der Waals surface area (Å²) in [5.74, 6) is -0.854. The topological polar surface area (TPSA) is 55.1 Å². The average molecular weight is 432 g/mol. The van der Waals surface area contributed by atoms with Crippen LogP contribution in [-0.4, -0.2) is 10.9 Å². The van der Waals surface area contributed by atoms with Gasteiger partial charge >= 0.3 is 0 Å². The maximum absolute atomic E-state index is 13.5. The van der Waals surface area contributed by atoms with Gasteiger partial charge in [-0.1, -0.05) is 28.1 Å². The zero-order chi connectivity index (χ0) is 15.6. The van der Waals surface area contributed by atoms with Gasteiger partial charge in [0.2, 0.25) is 0 Å². The number of halogens is 3. The second kappa shape index (κ2) is 6.64. The van der Waals surface area contributed by atoms with Gasteiger partial charge in [0.1, 0.15) is 10.8 Å². The van der Waals surface area contributed by atoms with Crippen molar-refractivity contribution < 1.29 is 9.18 Å². The van der Waals surface area contributed by atoms with E-state index in [0.717, 1.165) is 4.47 Å². The quantitative estimate of drug-likeness (QED) is 0.714. The van der Waals surface area contributed by atoms with Crippen LogP contribution in [0.1, 0.15) is 15.9 Å². The van der Waals surface area contributed by atoms with E-state index < -0.39 is 5.82 Å². The lowest BCUT2D eigenvalue weighted by atomic mass is 10.1. The number of hydrogen-bond donors (Lipinski definition) is 2. The zero-order valence-electron chi connectivity index (χ0n) is 10.5. The Hall–Kier alpha value is -1.31. The molecule has 0 spiro atoms. The van der Waals surface area contributed by atoms with Crippen LogP contribution in [0.3, 0.4) is 0 Å². The molecule has 0 saturated heterocycles. The molecule has 108 valence electrons. The fourth-order valence-electron chi connectivity index (χ4n) is 1.66. The first kappa shape index (κ1) is 16.1. The number of nitrogens with two attached hydrogens (primary N) is 1. The molecule has 21 heavy (non-hydrogen) atoms. The van der Waals surface area contributed by atoms with Gasteiger partial charge in [0, 0.05) is 20.2 Å². The number of hydrogen-bond acceptors (Lipinski definition) is 2. The van der Waals surface area contributed by atoms with Crippen molar-refractivity contribution in [3.63, 3.8) is 0 Å². The van der Waals surface area contributed by atoms with Gasteiger partial charge < -0.3 is 11.1 Å². The van der Waals surface area contributed by atoms with Crippen LogP contribution in [0.2, 0.25) is 0 Å². The Morgan fingerprint density at radius 3 is 2.52 bits per heavy atom. The molecule has 0 saturated carbocycles. The third-order valence-corrected chi connectivity index (χ3v) is 4.07. The van der Waals surface area contributed by atoms with E-state index in [9.17, 15) is 9.18 Å². The van der Waals surface area contributed by atoms with Crippen molar-refractivity contribution >= 4 is 60.7 Å². The summed E-state index contributed by atoms with van der Waals surface area (Å²) >= 11 is 11.4. The molecule has 2 aromatic carbocycles. The molecule has 0 aliphatic heterocycles. The molecule has 0 aliphatic rings. The SMILES string of the molecule is NC(=S)c1cc(NC(=O)c2cc(Br)ccc2Br)ccc1F. The summed E-state index contributed by atoms with van der Waals surface area (Å²) in [5.41, 5.74) is 6.39. The van der Waals surface area contributed by atoms with Crippen molar-refractivity contribution in [1.82, 2.24) is 0 Å². The summed E-state index contributed by atoms with van der Waals surface area (Å²) in [5, 5.41) is 2.68. The molecular weight excluding hydrogens is 423 g/mol. The minimum Gasteiger partial charge on any atom is -0.389 e. The number of benzene rings is 2. The highest BCUT2D eigenvalue weighted by Gasteiger charge is 2.12. The van der Waals surface area contributed by atoms with E-state index in [-0.39, 0.29) is 16.5 Å². The standard InChI is InChI=1S/C14H9Br2FN2OS/c15-7-1-3-11(16)9(5-7)14(20)19-8-2-4-12(17)10(6-8)13(18)21/h1-6H,(H2,18,21)(H,19,20). The van der Waals surface area contributed by atoms with Gasteiger partial charge in [0.05, 0.1) is 5.56 Å². The number of thiocarbonyl (C=S) groups is 1. The summed E-state index contributed by atoms with van der Waals surface area (Å²) in [4.78, 5) is 12.2. The molecule has 7 heteroatoms. The number of amides is 1. The molecular formula is C14H9Br2FN2OS. The van der Waals surface area contributed by atoms with Crippen LogP contribution in [0.15, 0.2) is 45.3 Å². The Kier molecular flexibility index (Phi) is 5.08. The summed E-state index contributed by atoms with van der Waals surface area (Å²) in [6.45, 7) is 0. The third kappa shape index (κ3) is 3.87. The van der Waals surface area contributed by atoms with Crippen LogP contribution in [0, 0.1) is 5.82 Å². The Balaban J connectivity index is 2.29. The monoisotopic (exact) mass is 430 g/mol. The smallest absolute Gasteiger partial charge is 0.256 e. The van der Waals surface area contributed by atoms with Crippen molar-refractivity contribution in [1.29, 1.82) is 0 Å². The summed E-state index contributed by atoms with van der Waals surface area (Å²) in [6, 6.07) is 9.30. The molecule has 0 aromatic heterocycles. The first-order valence-corrected chi connectivity index (χ1v) is 7.73. The summed E-state index contributed by atoms with van der Waals surface area (Å²) in [6.07, 6.45) is 0. The molecule has 2 aromatic rings. The van der Waals surface area contributed by atoms with Crippen LogP contribution < -0.4 is 11.1 Å². The number of nitrogens with one attached hydrogen (secondary N) is 1. The molecule has 0 heterocycles. The van der Waals surface area contributed by atoms with Crippen LogP contribution in [0.4, 0.5) is 10.1 Å². The molecule has 2 rings (SSSR count). The largest absolute Gasteiger partial charge is 0.389 e. The molecule has 0 bridgehead atoms. The lowest BCUT2D eigenvalue weighted by molar-refractivity contribution is 0.102. The predicted octanol–water partition coefficient (Wildman–Crippen LogP) is 4.24. The molecule has 0 atom stereocenters. The summed E-state index contributed by atoms with van der Waals surface area (Å²) in [7, 11) is 0. The first-order chi connectivity index (χ1) is 9.88. The van der Waals surface area contributed by atoms with Crippen LogP contribution >= 0.6 is 44.1 Å². The van der Waals surface area contributed by atoms with Gasteiger partial charge in [0.25, 0.3) is 5.91 Å². The maximum Gasteiger partial charge on any atom is 0.256 e. The molecule has 3 nitrogen and oxygen atoms in total. The van der Waals surface area contributed by atoms with Gasteiger partial charge in [-0.15, -0.1) is 0 Å². The van der Waals surface area contributed by atoms with E-state index in [2.05, 4.69) is 37.2 Å². The van der Waals surface area contributed by atoms with Gasteiger partial charge in [-0.2, -0.15) is 0 Å². The second-order valence-corrected chi connectivity index (χ2v) is 6.35. The Labute approximate surface area is 143 Å². The predicted molar refractivity (Wildman–Crippen MR) is 92.1 cm³/mol. The van der Waals surface area contributed by atoms with E-state index in [1.807, 2.05) is 6.07 Å².